The van der Waals surface area contributed by atoms with Crippen molar-refractivity contribution in [2.24, 2.45) is 0 Å². The van der Waals surface area contributed by atoms with Crippen LogP contribution in [0.4, 0.5) is 5.69 Å². The molecule has 0 aromatic heterocycles. The van der Waals surface area contributed by atoms with Crippen molar-refractivity contribution in [1.29, 1.82) is 0 Å². The topological polar surface area (TPSA) is 58.6 Å². The number of carbonyl (C=O) groups is 2. The van der Waals surface area contributed by atoms with E-state index in [1.165, 1.54) is 4.90 Å². The number of aryl methyl sites for hydroxylation is 2. The fourth-order valence-corrected chi connectivity index (χ4v) is 3.02. The number of nitrogens with one attached hydrogen (secondary N) is 1. The molecule has 1 N–H and O–H groups in total. The zero-order valence-electron chi connectivity index (χ0n) is 15.4. The highest BCUT2D eigenvalue weighted by Crippen LogP contribution is 2.33. The first kappa shape index (κ1) is 17.7. The van der Waals surface area contributed by atoms with E-state index in [1.54, 1.807) is 14.0 Å². The van der Waals surface area contributed by atoms with Gasteiger partial charge in [0.25, 0.3) is 11.8 Å². The van der Waals surface area contributed by atoms with Crippen molar-refractivity contribution in [3.63, 3.8) is 0 Å². The number of imide groups is 1. The maximum atomic E-state index is 12.8. The van der Waals surface area contributed by atoms with Crippen molar-refractivity contribution in [2.45, 2.75) is 20.8 Å². The second-order valence-corrected chi connectivity index (χ2v) is 6.30. The van der Waals surface area contributed by atoms with Gasteiger partial charge in [0.15, 0.2) is 0 Å². The SMILES string of the molecule is CCN1C(=O)C(Nc2cc(C)ccc2OC)=C(c2ccc(C)cc2)C1=O. The normalized spacial score (nSPS) is 14.2. The van der Waals surface area contributed by atoms with Gasteiger partial charge in [-0.15, -0.1) is 0 Å². The van der Waals surface area contributed by atoms with E-state index >= 15 is 0 Å². The quantitative estimate of drug-likeness (QED) is 0.838. The van der Waals surface area contributed by atoms with Gasteiger partial charge in [-0.1, -0.05) is 35.9 Å². The first-order valence-corrected chi connectivity index (χ1v) is 8.55. The van der Waals surface area contributed by atoms with Gasteiger partial charge < -0.3 is 10.1 Å². The van der Waals surface area contributed by atoms with Crippen LogP contribution in [-0.4, -0.2) is 30.4 Å². The molecule has 134 valence electrons. The minimum Gasteiger partial charge on any atom is -0.495 e. The van der Waals surface area contributed by atoms with Crippen molar-refractivity contribution in [2.75, 3.05) is 19.0 Å². The zero-order chi connectivity index (χ0) is 18.8. The Bertz CT molecular complexity index is 898. The molecule has 2 aromatic rings. The summed E-state index contributed by atoms with van der Waals surface area (Å²) in [6.07, 6.45) is 0. The third-order valence-corrected chi connectivity index (χ3v) is 4.44. The number of likely N-dealkylation sites (N-methyl/N-ethyl adjacent to an activating group) is 1. The van der Waals surface area contributed by atoms with Crippen molar-refractivity contribution >= 4 is 23.1 Å². The third-order valence-electron chi connectivity index (χ3n) is 4.44. The Morgan fingerprint density at radius 3 is 2.23 bits per heavy atom. The van der Waals surface area contributed by atoms with E-state index in [4.69, 9.17) is 4.74 Å². The van der Waals surface area contributed by atoms with E-state index in [0.29, 0.717) is 23.6 Å². The van der Waals surface area contributed by atoms with Crippen LogP contribution in [0, 0.1) is 13.8 Å². The summed E-state index contributed by atoms with van der Waals surface area (Å²) in [6.45, 7) is 6.05. The molecule has 0 unspecified atom stereocenters. The minimum absolute atomic E-state index is 0.282. The molecule has 0 radical (unpaired) electrons. The first-order chi connectivity index (χ1) is 12.5. The number of hydrogen-bond acceptors (Lipinski definition) is 4. The molecule has 2 amide bonds. The second-order valence-electron chi connectivity index (χ2n) is 6.30. The Morgan fingerprint density at radius 2 is 1.62 bits per heavy atom. The van der Waals surface area contributed by atoms with Gasteiger partial charge in [-0.3, -0.25) is 14.5 Å². The van der Waals surface area contributed by atoms with Crippen LogP contribution in [0.1, 0.15) is 23.6 Å². The van der Waals surface area contributed by atoms with Crippen LogP contribution >= 0.6 is 0 Å². The van der Waals surface area contributed by atoms with Crippen LogP contribution in [0.25, 0.3) is 5.57 Å². The van der Waals surface area contributed by atoms with Gasteiger partial charge in [0, 0.05) is 6.54 Å². The van der Waals surface area contributed by atoms with Crippen LogP contribution < -0.4 is 10.1 Å². The van der Waals surface area contributed by atoms with Crippen LogP contribution in [0.15, 0.2) is 48.2 Å². The van der Waals surface area contributed by atoms with Gasteiger partial charge in [-0.25, -0.2) is 0 Å². The summed E-state index contributed by atoms with van der Waals surface area (Å²) in [5.41, 5.74) is 4.17. The number of anilines is 1. The molecule has 1 heterocycles. The van der Waals surface area contributed by atoms with Crippen LogP contribution in [0.3, 0.4) is 0 Å². The van der Waals surface area contributed by atoms with E-state index in [0.717, 1.165) is 16.7 Å². The van der Waals surface area contributed by atoms with Gasteiger partial charge >= 0.3 is 0 Å². The highest BCUT2D eigenvalue weighted by atomic mass is 16.5. The molecule has 1 aliphatic rings. The first-order valence-electron chi connectivity index (χ1n) is 8.55. The minimum atomic E-state index is -0.323. The predicted octanol–water partition coefficient (Wildman–Crippen LogP) is 3.52. The number of methoxy groups -OCH3 is 1. The Kier molecular flexibility index (Phi) is 4.80. The van der Waals surface area contributed by atoms with Crippen molar-refractivity contribution < 1.29 is 14.3 Å². The molecule has 0 fully saturated rings. The van der Waals surface area contributed by atoms with Crippen molar-refractivity contribution in [3.8, 4) is 5.75 Å². The average molecular weight is 350 g/mol. The molecule has 0 bridgehead atoms. The lowest BCUT2D eigenvalue weighted by atomic mass is 10.0. The fraction of sp³-hybridized carbons (Fsp3) is 0.238. The Balaban J connectivity index is 2.13. The summed E-state index contributed by atoms with van der Waals surface area (Å²) in [4.78, 5) is 26.9. The third kappa shape index (κ3) is 3.08. The summed E-state index contributed by atoms with van der Waals surface area (Å²) >= 11 is 0. The molecule has 0 spiro atoms. The van der Waals surface area contributed by atoms with Crippen LogP contribution in [0.2, 0.25) is 0 Å². The highest BCUT2D eigenvalue weighted by molar-refractivity contribution is 6.36. The average Bonchev–Trinajstić information content (AvgIpc) is 2.86. The van der Waals surface area contributed by atoms with Crippen LogP contribution in [0.5, 0.6) is 5.75 Å². The van der Waals surface area contributed by atoms with Gasteiger partial charge in [0.2, 0.25) is 0 Å². The van der Waals surface area contributed by atoms with Gasteiger partial charge in [-0.05, 0) is 44.0 Å². The number of ether oxygens (including phenoxy) is 1. The lowest BCUT2D eigenvalue weighted by Crippen LogP contribution is -2.32. The summed E-state index contributed by atoms with van der Waals surface area (Å²) < 4.78 is 5.39. The molecule has 1 aliphatic heterocycles. The van der Waals surface area contributed by atoms with E-state index < -0.39 is 0 Å². The molecule has 0 saturated heterocycles. The molecule has 5 nitrogen and oxygen atoms in total. The highest BCUT2D eigenvalue weighted by Gasteiger charge is 2.38. The van der Waals surface area contributed by atoms with E-state index in [1.807, 2.05) is 56.3 Å². The summed E-state index contributed by atoms with van der Waals surface area (Å²) in [7, 11) is 1.57. The van der Waals surface area contributed by atoms with Gasteiger partial charge in [0.1, 0.15) is 11.4 Å². The van der Waals surface area contributed by atoms with Crippen LogP contribution in [-0.2, 0) is 9.59 Å². The second kappa shape index (κ2) is 7.04. The van der Waals surface area contributed by atoms with E-state index in [9.17, 15) is 9.59 Å². The summed E-state index contributed by atoms with van der Waals surface area (Å²) in [5.74, 6) is 0.00802. The number of hydrogen-bond donors (Lipinski definition) is 1. The summed E-state index contributed by atoms with van der Waals surface area (Å²) in [5, 5.41) is 3.15. The molecule has 26 heavy (non-hydrogen) atoms. The van der Waals surface area contributed by atoms with Gasteiger partial charge in [0.05, 0.1) is 18.4 Å². The number of benzene rings is 2. The largest absolute Gasteiger partial charge is 0.495 e. The standard InChI is InChI=1S/C21H22N2O3/c1-5-23-20(24)18(15-9-6-13(2)7-10-15)19(21(23)25)22-16-12-14(3)8-11-17(16)26-4/h6-12,22H,5H2,1-4H3. The Morgan fingerprint density at radius 1 is 0.962 bits per heavy atom. The Hall–Kier alpha value is -3.08. The molecule has 5 heteroatoms. The predicted molar refractivity (Wildman–Crippen MR) is 102 cm³/mol. The van der Waals surface area contributed by atoms with Crippen molar-refractivity contribution in [3.05, 3.63) is 64.9 Å². The summed E-state index contributed by atoms with van der Waals surface area (Å²) in [6, 6.07) is 13.3. The number of nitrogens with zero attached hydrogens (tertiary/aromatic N) is 1. The zero-order valence-corrected chi connectivity index (χ0v) is 15.4. The molecule has 0 atom stereocenters. The number of rotatable bonds is 5. The molecule has 2 aromatic carbocycles. The van der Waals surface area contributed by atoms with E-state index in [2.05, 4.69) is 5.32 Å². The van der Waals surface area contributed by atoms with Gasteiger partial charge in [-0.2, -0.15) is 0 Å². The lowest BCUT2D eigenvalue weighted by molar-refractivity contribution is -0.136. The number of carbonyl (C=O) groups excluding carboxylic acids is 2. The monoisotopic (exact) mass is 350 g/mol. The maximum absolute atomic E-state index is 12.8. The molecule has 0 saturated carbocycles. The molecular weight excluding hydrogens is 328 g/mol. The fourth-order valence-electron chi connectivity index (χ4n) is 3.02. The van der Waals surface area contributed by atoms with Crippen molar-refractivity contribution in [1.82, 2.24) is 4.90 Å². The molecular formula is C21H22N2O3. The molecule has 0 aliphatic carbocycles. The number of amides is 2. The van der Waals surface area contributed by atoms with E-state index in [-0.39, 0.29) is 17.5 Å². The lowest BCUT2D eigenvalue weighted by Gasteiger charge is -2.14. The smallest absolute Gasteiger partial charge is 0.278 e. The molecule has 3 rings (SSSR count). The Labute approximate surface area is 153 Å². The maximum Gasteiger partial charge on any atom is 0.278 e.